The molecular weight excluding hydrogens is 418 g/mol. The number of para-hydroxylation sites is 1. The second kappa shape index (κ2) is 7.65. The van der Waals surface area contributed by atoms with Crippen LogP contribution in [-0.4, -0.2) is 20.7 Å². The van der Waals surface area contributed by atoms with E-state index in [0.717, 1.165) is 12.1 Å². The zero-order valence-corrected chi connectivity index (χ0v) is 14.2. The number of rotatable bonds is 6. The Kier molecular flexibility index (Phi) is 5.57. The van der Waals surface area contributed by atoms with E-state index in [9.17, 15) is 35.1 Å². The summed E-state index contributed by atoms with van der Waals surface area (Å²) in [6.07, 6.45) is 0. The van der Waals surface area contributed by atoms with E-state index < -0.39 is 44.3 Å². The Morgan fingerprint density at radius 1 is 0.923 bits per heavy atom. The van der Waals surface area contributed by atoms with Gasteiger partial charge in [0.2, 0.25) is 0 Å². The number of esters is 1. The first-order chi connectivity index (χ1) is 12.2. The highest BCUT2D eigenvalue weighted by Gasteiger charge is 2.27. The summed E-state index contributed by atoms with van der Waals surface area (Å²) in [5.74, 6) is -1.10. The van der Waals surface area contributed by atoms with E-state index >= 15 is 0 Å². The molecule has 134 valence electrons. The smallest absolute Gasteiger partial charge is 0.338 e. The van der Waals surface area contributed by atoms with Crippen LogP contribution in [0.25, 0.3) is 0 Å². The largest absolute Gasteiger partial charge is 0.457 e. The van der Waals surface area contributed by atoms with E-state index in [0.29, 0.717) is 0 Å². The van der Waals surface area contributed by atoms with Crippen molar-refractivity contribution in [1.29, 1.82) is 0 Å². The van der Waals surface area contributed by atoms with Crippen LogP contribution in [0.2, 0.25) is 0 Å². The molecule has 2 aromatic rings. The van der Waals surface area contributed by atoms with Crippen molar-refractivity contribution in [3.05, 3.63) is 82.3 Å². The molecule has 0 unspecified atom stereocenters. The fourth-order valence-corrected chi connectivity index (χ4v) is 2.53. The van der Waals surface area contributed by atoms with Gasteiger partial charge >= 0.3 is 5.97 Å². The Morgan fingerprint density at radius 3 is 1.92 bits per heavy atom. The molecule has 0 aromatic heterocycles. The third-order valence-corrected chi connectivity index (χ3v) is 4.02. The summed E-state index contributed by atoms with van der Waals surface area (Å²) in [4.78, 5) is 42.6. The molecule has 0 bridgehead atoms. The van der Waals surface area contributed by atoms with Crippen molar-refractivity contribution in [3.8, 4) is 0 Å². The average molecular weight is 426 g/mol. The van der Waals surface area contributed by atoms with E-state index in [2.05, 4.69) is 15.9 Å². The normalized spacial score (nSPS) is 10.2. The number of carbonyl (C=O) groups is 1. The lowest BCUT2D eigenvalue weighted by Gasteiger charge is -2.06. The zero-order chi connectivity index (χ0) is 19.4. The summed E-state index contributed by atoms with van der Waals surface area (Å²) >= 11 is 2.76. The van der Waals surface area contributed by atoms with Gasteiger partial charge in [0.15, 0.2) is 4.47 Å². The first-order valence-electron chi connectivity index (χ1n) is 6.74. The molecule has 0 saturated heterocycles. The van der Waals surface area contributed by atoms with E-state index in [1.165, 1.54) is 24.3 Å². The fraction of sp³-hybridized carbons (Fsp3) is 0.0714. The van der Waals surface area contributed by atoms with Crippen LogP contribution in [0, 0.1) is 30.3 Å². The highest BCUT2D eigenvalue weighted by Crippen LogP contribution is 2.35. The van der Waals surface area contributed by atoms with Crippen LogP contribution in [0.3, 0.4) is 0 Å². The van der Waals surface area contributed by atoms with Crippen molar-refractivity contribution >= 4 is 39.0 Å². The Bertz CT molecular complexity index is 895. The minimum absolute atomic E-state index is 0.104. The minimum Gasteiger partial charge on any atom is -0.457 e. The first-order valence-corrected chi connectivity index (χ1v) is 7.53. The number of halogens is 1. The van der Waals surface area contributed by atoms with Gasteiger partial charge in [-0.3, -0.25) is 30.3 Å². The molecule has 0 aliphatic heterocycles. The monoisotopic (exact) mass is 425 g/mol. The van der Waals surface area contributed by atoms with Crippen LogP contribution in [0.5, 0.6) is 0 Å². The quantitative estimate of drug-likeness (QED) is 0.386. The van der Waals surface area contributed by atoms with Gasteiger partial charge in [-0.25, -0.2) is 4.79 Å². The van der Waals surface area contributed by atoms with Gasteiger partial charge in [-0.15, -0.1) is 0 Å². The molecule has 11 nitrogen and oxygen atoms in total. The third kappa shape index (κ3) is 3.97. The lowest BCUT2D eigenvalue weighted by Crippen LogP contribution is -2.08. The van der Waals surface area contributed by atoms with Crippen LogP contribution < -0.4 is 0 Å². The van der Waals surface area contributed by atoms with Crippen molar-refractivity contribution in [2.75, 3.05) is 0 Å². The second-order valence-electron chi connectivity index (χ2n) is 4.80. The predicted octanol–water partition coefficient (Wildman–Crippen LogP) is 3.53. The number of hydrogen-bond acceptors (Lipinski definition) is 8. The summed E-state index contributed by atoms with van der Waals surface area (Å²) in [7, 11) is 0. The number of nitro groups is 3. The molecule has 2 rings (SSSR count). The van der Waals surface area contributed by atoms with Crippen molar-refractivity contribution in [2.24, 2.45) is 0 Å². The van der Waals surface area contributed by atoms with Crippen LogP contribution in [-0.2, 0) is 11.3 Å². The number of nitrogens with zero attached hydrogens (tertiary/aromatic N) is 3. The van der Waals surface area contributed by atoms with Crippen LogP contribution in [0.1, 0.15) is 15.9 Å². The number of benzene rings is 2. The van der Waals surface area contributed by atoms with Gasteiger partial charge in [-0.05, 0) is 22.0 Å². The van der Waals surface area contributed by atoms with Crippen LogP contribution in [0.4, 0.5) is 17.1 Å². The van der Waals surface area contributed by atoms with Crippen molar-refractivity contribution in [1.82, 2.24) is 0 Å². The summed E-state index contributed by atoms with van der Waals surface area (Å²) in [6.45, 7) is -0.479. The number of nitro benzene ring substituents is 3. The number of carbonyl (C=O) groups excluding carboxylic acids is 1. The summed E-state index contributed by atoms with van der Waals surface area (Å²) in [6, 6.07) is 7.17. The van der Waals surface area contributed by atoms with Crippen LogP contribution in [0.15, 0.2) is 40.9 Å². The van der Waals surface area contributed by atoms with E-state index in [-0.39, 0.29) is 15.7 Å². The van der Waals surface area contributed by atoms with Gasteiger partial charge in [-0.1, -0.05) is 12.1 Å². The van der Waals surface area contributed by atoms with Gasteiger partial charge in [0.25, 0.3) is 17.1 Å². The van der Waals surface area contributed by atoms with Gasteiger partial charge < -0.3 is 4.74 Å². The molecule has 0 fully saturated rings. The Balaban J connectivity index is 2.32. The lowest BCUT2D eigenvalue weighted by atomic mass is 10.1. The predicted molar refractivity (Wildman–Crippen MR) is 89.7 cm³/mol. The van der Waals surface area contributed by atoms with Crippen molar-refractivity contribution < 1.29 is 24.3 Å². The SMILES string of the molecule is O=C(OCc1ccccc1[N+](=O)[O-])c1cc([N+](=O)[O-])c(Br)c([N+](=O)[O-])c1. The highest BCUT2D eigenvalue weighted by molar-refractivity contribution is 9.10. The Labute approximate surface area is 152 Å². The number of hydrogen-bond donors (Lipinski definition) is 0. The van der Waals surface area contributed by atoms with Gasteiger partial charge in [0.1, 0.15) is 6.61 Å². The van der Waals surface area contributed by atoms with Crippen molar-refractivity contribution in [2.45, 2.75) is 6.61 Å². The highest BCUT2D eigenvalue weighted by atomic mass is 79.9. The zero-order valence-electron chi connectivity index (χ0n) is 12.7. The molecular formula is C14H8BrN3O8. The maximum atomic E-state index is 12.1. The average Bonchev–Trinajstić information content (AvgIpc) is 2.59. The van der Waals surface area contributed by atoms with E-state index in [1.807, 2.05) is 0 Å². The molecule has 0 N–H and O–H groups in total. The van der Waals surface area contributed by atoms with Gasteiger partial charge in [0, 0.05) is 18.2 Å². The summed E-state index contributed by atoms with van der Waals surface area (Å²) in [5.41, 5.74) is -1.96. The maximum Gasteiger partial charge on any atom is 0.338 e. The molecule has 2 aromatic carbocycles. The van der Waals surface area contributed by atoms with Gasteiger partial charge in [-0.2, -0.15) is 0 Å². The molecule has 0 aliphatic carbocycles. The number of ether oxygens (including phenoxy) is 1. The van der Waals surface area contributed by atoms with E-state index in [4.69, 9.17) is 4.74 Å². The lowest BCUT2D eigenvalue weighted by molar-refractivity contribution is -0.395. The molecule has 0 radical (unpaired) electrons. The molecule has 0 spiro atoms. The molecule has 26 heavy (non-hydrogen) atoms. The molecule has 12 heteroatoms. The summed E-state index contributed by atoms with van der Waals surface area (Å²) < 4.78 is 4.52. The molecule has 0 atom stereocenters. The van der Waals surface area contributed by atoms with Crippen molar-refractivity contribution in [3.63, 3.8) is 0 Å². The first kappa shape index (κ1) is 18.9. The molecule has 0 aliphatic rings. The topological polar surface area (TPSA) is 156 Å². The standard InChI is InChI=1S/C14H8BrN3O8/c15-13-11(17(22)23)5-9(6-12(13)18(24)25)14(19)26-7-8-3-1-2-4-10(8)16(20)21/h1-6H,7H2. The second-order valence-corrected chi connectivity index (χ2v) is 5.60. The van der Waals surface area contributed by atoms with Crippen LogP contribution >= 0.6 is 15.9 Å². The van der Waals surface area contributed by atoms with E-state index in [1.54, 1.807) is 0 Å². The molecule has 0 amide bonds. The maximum absolute atomic E-state index is 12.1. The Hall–Kier alpha value is -3.41. The Morgan fingerprint density at radius 2 is 1.42 bits per heavy atom. The summed E-state index contributed by atoms with van der Waals surface area (Å²) in [5, 5.41) is 32.9. The fourth-order valence-electron chi connectivity index (χ4n) is 2.02. The third-order valence-electron chi connectivity index (χ3n) is 3.21. The minimum atomic E-state index is -1.10. The van der Waals surface area contributed by atoms with Gasteiger partial charge in [0.05, 0.1) is 25.9 Å². The molecule has 0 heterocycles. The molecule has 0 saturated carbocycles.